The van der Waals surface area contributed by atoms with Gasteiger partial charge in [-0.15, -0.1) is 24.0 Å². The maximum atomic E-state index is 12.6. The van der Waals surface area contributed by atoms with Gasteiger partial charge in [-0.3, -0.25) is 9.79 Å². The lowest BCUT2D eigenvalue weighted by atomic mass is 10.2. The fraction of sp³-hybridized carbons (Fsp3) is 0.652. The van der Waals surface area contributed by atoms with E-state index in [0.29, 0.717) is 13.0 Å². The molecule has 0 atom stereocenters. The second-order valence-corrected chi connectivity index (χ2v) is 8.01. The molecule has 2 aliphatic rings. The Bertz CT molecular complexity index is 661. The Kier molecular flexibility index (Phi) is 12.0. The highest BCUT2D eigenvalue weighted by Gasteiger charge is 2.21. The van der Waals surface area contributed by atoms with Gasteiger partial charge in [0.2, 0.25) is 5.91 Å². The standard InChI is InChI=1S/C23H37N5O2.HI/c1-2-24-23(25-12-6-18-30-19-20-9-10-20)26-13-11-22(29)28-16-14-27(15-17-28)21-7-4-3-5-8-21;/h3-5,7-8,20H,2,6,9-19H2,1H3,(H2,24,25,26);1H. The Labute approximate surface area is 204 Å². The summed E-state index contributed by atoms with van der Waals surface area (Å²) in [4.78, 5) is 21.5. The number of piperazine rings is 1. The predicted octanol–water partition coefficient (Wildman–Crippen LogP) is 2.72. The van der Waals surface area contributed by atoms with Crippen molar-refractivity contribution in [2.75, 3.05) is 63.9 Å². The van der Waals surface area contributed by atoms with Crippen molar-refractivity contribution in [3.8, 4) is 0 Å². The summed E-state index contributed by atoms with van der Waals surface area (Å²) in [6, 6.07) is 10.4. The highest BCUT2D eigenvalue weighted by atomic mass is 127. The minimum atomic E-state index is 0. The Balaban J connectivity index is 0.00000341. The molecule has 1 aromatic carbocycles. The largest absolute Gasteiger partial charge is 0.381 e. The number of hydrogen-bond donors (Lipinski definition) is 2. The zero-order valence-corrected chi connectivity index (χ0v) is 21.1. The summed E-state index contributed by atoms with van der Waals surface area (Å²) >= 11 is 0. The Morgan fingerprint density at radius 2 is 1.87 bits per heavy atom. The van der Waals surface area contributed by atoms with E-state index in [-0.39, 0.29) is 29.9 Å². The number of anilines is 1. The third kappa shape index (κ3) is 9.64. The van der Waals surface area contributed by atoms with Crippen LogP contribution in [0, 0.1) is 5.92 Å². The average molecular weight is 543 g/mol. The molecule has 7 nitrogen and oxygen atoms in total. The van der Waals surface area contributed by atoms with Crippen LogP contribution in [0.25, 0.3) is 0 Å². The number of rotatable bonds is 11. The van der Waals surface area contributed by atoms with E-state index in [4.69, 9.17) is 4.74 Å². The van der Waals surface area contributed by atoms with Crippen LogP contribution < -0.4 is 15.5 Å². The molecule has 1 aliphatic carbocycles. The third-order valence-corrected chi connectivity index (χ3v) is 5.50. The van der Waals surface area contributed by atoms with Crippen LogP contribution in [-0.4, -0.2) is 75.8 Å². The van der Waals surface area contributed by atoms with Gasteiger partial charge in [-0.2, -0.15) is 0 Å². The van der Waals surface area contributed by atoms with Crippen molar-refractivity contribution in [2.45, 2.75) is 32.6 Å². The minimum Gasteiger partial charge on any atom is -0.381 e. The lowest BCUT2D eigenvalue weighted by Gasteiger charge is -2.36. The molecule has 0 bridgehead atoms. The first-order chi connectivity index (χ1) is 14.8. The van der Waals surface area contributed by atoms with E-state index < -0.39 is 0 Å². The van der Waals surface area contributed by atoms with E-state index in [0.717, 1.165) is 70.8 Å². The van der Waals surface area contributed by atoms with Crippen LogP contribution in [-0.2, 0) is 9.53 Å². The summed E-state index contributed by atoms with van der Waals surface area (Å²) in [5, 5.41) is 6.53. The van der Waals surface area contributed by atoms with Crippen molar-refractivity contribution in [3.05, 3.63) is 30.3 Å². The second kappa shape index (κ2) is 14.5. The molecule has 1 heterocycles. The van der Waals surface area contributed by atoms with Gasteiger partial charge in [0.05, 0.1) is 0 Å². The number of para-hydroxylation sites is 1. The van der Waals surface area contributed by atoms with Gasteiger partial charge in [0.25, 0.3) is 0 Å². The zero-order chi connectivity index (χ0) is 21.0. The number of carbonyl (C=O) groups is 1. The second-order valence-electron chi connectivity index (χ2n) is 8.01. The average Bonchev–Trinajstić information content (AvgIpc) is 3.61. The molecule has 1 amide bonds. The molecule has 8 heteroatoms. The fourth-order valence-corrected chi connectivity index (χ4v) is 3.53. The third-order valence-electron chi connectivity index (χ3n) is 5.50. The molecule has 1 aliphatic heterocycles. The van der Waals surface area contributed by atoms with E-state index >= 15 is 0 Å². The molecule has 1 aromatic rings. The van der Waals surface area contributed by atoms with Gasteiger partial charge in [-0.1, -0.05) is 18.2 Å². The first-order valence-electron chi connectivity index (χ1n) is 11.4. The summed E-state index contributed by atoms with van der Waals surface area (Å²) in [6.07, 6.45) is 4.07. The number of nitrogens with one attached hydrogen (secondary N) is 2. The number of carbonyl (C=O) groups excluding carboxylic acids is 1. The van der Waals surface area contributed by atoms with Gasteiger partial charge < -0.3 is 25.2 Å². The first kappa shape index (κ1) is 25.7. The number of amides is 1. The molecule has 0 aromatic heterocycles. The molecule has 31 heavy (non-hydrogen) atoms. The number of guanidine groups is 1. The molecular weight excluding hydrogens is 505 g/mol. The smallest absolute Gasteiger partial charge is 0.224 e. The number of halogens is 1. The molecule has 174 valence electrons. The van der Waals surface area contributed by atoms with Crippen LogP contribution in [0.3, 0.4) is 0 Å². The van der Waals surface area contributed by atoms with Crippen molar-refractivity contribution in [1.29, 1.82) is 0 Å². The van der Waals surface area contributed by atoms with Gasteiger partial charge in [0.15, 0.2) is 5.96 Å². The highest BCUT2D eigenvalue weighted by molar-refractivity contribution is 14.0. The topological polar surface area (TPSA) is 69.2 Å². The van der Waals surface area contributed by atoms with Crippen LogP contribution in [0.5, 0.6) is 0 Å². The number of hydrogen-bond acceptors (Lipinski definition) is 4. The number of ether oxygens (including phenoxy) is 1. The normalized spacial score (nSPS) is 16.6. The van der Waals surface area contributed by atoms with Crippen LogP contribution in [0.4, 0.5) is 5.69 Å². The van der Waals surface area contributed by atoms with Gasteiger partial charge in [0, 0.05) is 71.1 Å². The van der Waals surface area contributed by atoms with E-state index in [1.54, 1.807) is 0 Å². The van der Waals surface area contributed by atoms with Crippen molar-refractivity contribution in [1.82, 2.24) is 15.5 Å². The lowest BCUT2D eigenvalue weighted by Crippen LogP contribution is -2.49. The van der Waals surface area contributed by atoms with Crippen LogP contribution in [0.1, 0.15) is 32.6 Å². The maximum absolute atomic E-state index is 12.6. The van der Waals surface area contributed by atoms with E-state index in [9.17, 15) is 4.79 Å². The van der Waals surface area contributed by atoms with Crippen LogP contribution >= 0.6 is 24.0 Å². The SMILES string of the molecule is CCNC(=NCCCOCC1CC1)NCCC(=O)N1CCN(c2ccccc2)CC1.I. The predicted molar refractivity (Wildman–Crippen MR) is 137 cm³/mol. The summed E-state index contributed by atoms with van der Waals surface area (Å²) < 4.78 is 5.65. The molecule has 2 N–H and O–H groups in total. The summed E-state index contributed by atoms with van der Waals surface area (Å²) in [7, 11) is 0. The van der Waals surface area contributed by atoms with Crippen LogP contribution in [0.15, 0.2) is 35.3 Å². The van der Waals surface area contributed by atoms with Crippen molar-refractivity contribution >= 4 is 41.5 Å². The highest BCUT2D eigenvalue weighted by Crippen LogP contribution is 2.28. The minimum absolute atomic E-state index is 0. The molecule has 3 rings (SSSR count). The molecule has 0 unspecified atom stereocenters. The quantitative estimate of drug-likeness (QED) is 0.195. The van der Waals surface area contributed by atoms with Crippen molar-refractivity contribution < 1.29 is 9.53 Å². The molecule has 1 saturated heterocycles. The fourth-order valence-electron chi connectivity index (χ4n) is 3.53. The Morgan fingerprint density at radius 1 is 1.13 bits per heavy atom. The van der Waals surface area contributed by atoms with Gasteiger partial charge >= 0.3 is 0 Å². The van der Waals surface area contributed by atoms with Crippen molar-refractivity contribution in [3.63, 3.8) is 0 Å². The number of aliphatic imine (C=N–C) groups is 1. The lowest BCUT2D eigenvalue weighted by molar-refractivity contribution is -0.131. The van der Waals surface area contributed by atoms with Gasteiger partial charge in [-0.05, 0) is 44.2 Å². The molecule has 0 spiro atoms. The number of nitrogens with zero attached hydrogens (tertiary/aromatic N) is 3. The maximum Gasteiger partial charge on any atom is 0.224 e. The Hall–Kier alpha value is -1.55. The zero-order valence-electron chi connectivity index (χ0n) is 18.7. The first-order valence-corrected chi connectivity index (χ1v) is 11.4. The molecule has 1 saturated carbocycles. The Morgan fingerprint density at radius 3 is 2.55 bits per heavy atom. The summed E-state index contributed by atoms with van der Waals surface area (Å²) in [5.74, 6) is 1.80. The van der Waals surface area contributed by atoms with E-state index in [2.05, 4.69) is 44.8 Å². The number of benzene rings is 1. The van der Waals surface area contributed by atoms with Gasteiger partial charge in [-0.25, -0.2) is 0 Å². The van der Waals surface area contributed by atoms with Crippen LogP contribution in [0.2, 0.25) is 0 Å². The van der Waals surface area contributed by atoms with Crippen molar-refractivity contribution in [2.24, 2.45) is 10.9 Å². The summed E-state index contributed by atoms with van der Waals surface area (Å²) in [5.41, 5.74) is 1.23. The molecular formula is C23H38IN5O2. The van der Waals surface area contributed by atoms with E-state index in [1.807, 2.05) is 17.9 Å². The van der Waals surface area contributed by atoms with Gasteiger partial charge in [0.1, 0.15) is 0 Å². The monoisotopic (exact) mass is 543 g/mol. The molecule has 2 fully saturated rings. The summed E-state index contributed by atoms with van der Waals surface area (Å²) in [6.45, 7) is 9.19. The van der Waals surface area contributed by atoms with E-state index in [1.165, 1.54) is 18.5 Å². The molecule has 0 radical (unpaired) electrons.